The van der Waals surface area contributed by atoms with Gasteiger partial charge in [-0.2, -0.15) is 5.10 Å². The van der Waals surface area contributed by atoms with E-state index in [9.17, 15) is 13.6 Å². The molecular formula is C19H16F2N4O. The van der Waals surface area contributed by atoms with E-state index in [2.05, 4.69) is 15.5 Å². The number of carbonyl (C=O) groups is 1. The van der Waals surface area contributed by atoms with Crippen LogP contribution in [0, 0.1) is 11.6 Å². The summed E-state index contributed by atoms with van der Waals surface area (Å²) in [4.78, 5) is 12.1. The van der Waals surface area contributed by atoms with Crippen LogP contribution in [0.4, 0.5) is 14.5 Å². The number of H-pyrrole nitrogens is 1. The third kappa shape index (κ3) is 3.09. The van der Waals surface area contributed by atoms with Crippen molar-refractivity contribution < 1.29 is 13.6 Å². The van der Waals surface area contributed by atoms with Gasteiger partial charge in [0.1, 0.15) is 11.6 Å². The van der Waals surface area contributed by atoms with Gasteiger partial charge in [-0.25, -0.2) is 8.78 Å². The van der Waals surface area contributed by atoms with E-state index in [4.69, 9.17) is 5.73 Å². The van der Waals surface area contributed by atoms with E-state index in [1.165, 1.54) is 24.3 Å². The molecule has 0 aliphatic heterocycles. The Balaban J connectivity index is 1.64. The number of benzene rings is 2. The molecule has 4 N–H and O–H groups in total. The fraction of sp³-hybridized carbons (Fsp3) is 0.158. The average Bonchev–Trinajstić information content (AvgIpc) is 3.26. The van der Waals surface area contributed by atoms with Gasteiger partial charge in [0.05, 0.1) is 22.4 Å². The SMILES string of the molecule is NC1(C(=O)Nc2cc3c(C=Cc4ccc(F)cc4)n[nH]c3cc2F)CC1. The molecule has 2 aromatic carbocycles. The number of hydrogen-bond donors (Lipinski definition) is 3. The lowest BCUT2D eigenvalue weighted by molar-refractivity contribution is -0.118. The van der Waals surface area contributed by atoms with Gasteiger partial charge >= 0.3 is 0 Å². The lowest BCUT2D eigenvalue weighted by Gasteiger charge is -2.11. The molecule has 5 nitrogen and oxygen atoms in total. The number of fused-ring (bicyclic) bond motifs is 1. The van der Waals surface area contributed by atoms with Gasteiger partial charge in [-0.3, -0.25) is 9.89 Å². The number of aromatic amines is 1. The maximum Gasteiger partial charge on any atom is 0.244 e. The molecule has 1 amide bonds. The number of carbonyl (C=O) groups excluding carboxylic acids is 1. The van der Waals surface area contributed by atoms with Crippen molar-refractivity contribution in [3.05, 3.63) is 59.3 Å². The van der Waals surface area contributed by atoms with E-state index < -0.39 is 11.4 Å². The molecule has 0 atom stereocenters. The first-order valence-electron chi connectivity index (χ1n) is 8.16. The van der Waals surface area contributed by atoms with Crippen LogP contribution in [0.2, 0.25) is 0 Å². The predicted octanol–water partition coefficient (Wildman–Crippen LogP) is 3.44. The number of nitrogens with one attached hydrogen (secondary N) is 2. The van der Waals surface area contributed by atoms with Gasteiger partial charge < -0.3 is 11.1 Å². The number of halogens is 2. The van der Waals surface area contributed by atoms with Crippen molar-refractivity contribution in [3.63, 3.8) is 0 Å². The maximum atomic E-state index is 14.2. The molecule has 0 bridgehead atoms. The van der Waals surface area contributed by atoms with E-state index >= 15 is 0 Å². The summed E-state index contributed by atoms with van der Waals surface area (Å²) in [5.41, 5.74) is 6.91. The van der Waals surface area contributed by atoms with Gasteiger partial charge in [0, 0.05) is 11.5 Å². The first-order chi connectivity index (χ1) is 12.4. The minimum Gasteiger partial charge on any atom is -0.322 e. The highest BCUT2D eigenvalue weighted by atomic mass is 19.1. The third-order valence-corrected chi connectivity index (χ3v) is 4.47. The van der Waals surface area contributed by atoms with E-state index in [1.54, 1.807) is 24.3 Å². The zero-order valence-corrected chi connectivity index (χ0v) is 13.7. The molecule has 0 saturated heterocycles. The Kier molecular flexibility index (Phi) is 3.81. The van der Waals surface area contributed by atoms with Crippen LogP contribution in [0.25, 0.3) is 23.1 Å². The summed E-state index contributed by atoms with van der Waals surface area (Å²) in [6.45, 7) is 0. The van der Waals surface area contributed by atoms with Gasteiger partial charge in [0.25, 0.3) is 0 Å². The number of nitrogens with zero attached hydrogens (tertiary/aromatic N) is 1. The van der Waals surface area contributed by atoms with Gasteiger partial charge in [0.15, 0.2) is 0 Å². The van der Waals surface area contributed by atoms with Crippen LogP contribution in [0.3, 0.4) is 0 Å². The number of anilines is 1. The number of nitrogens with two attached hydrogens (primary N) is 1. The Morgan fingerprint density at radius 3 is 2.62 bits per heavy atom. The Hall–Kier alpha value is -3.06. The lowest BCUT2D eigenvalue weighted by Crippen LogP contribution is -2.38. The van der Waals surface area contributed by atoms with Crippen LogP contribution in [0.1, 0.15) is 24.1 Å². The topological polar surface area (TPSA) is 83.8 Å². The van der Waals surface area contributed by atoms with Gasteiger partial charge in [-0.15, -0.1) is 0 Å². The third-order valence-electron chi connectivity index (χ3n) is 4.47. The van der Waals surface area contributed by atoms with Crippen molar-refractivity contribution in [1.29, 1.82) is 0 Å². The fourth-order valence-corrected chi connectivity index (χ4v) is 2.64. The quantitative estimate of drug-likeness (QED) is 0.671. The number of aromatic nitrogens is 2. The van der Waals surface area contributed by atoms with Crippen LogP contribution >= 0.6 is 0 Å². The molecule has 1 aromatic heterocycles. The highest BCUT2D eigenvalue weighted by molar-refractivity contribution is 6.02. The highest BCUT2D eigenvalue weighted by Gasteiger charge is 2.46. The standard InChI is InChI=1S/C19H16F2N4O/c20-12-4-1-11(2-5-12)3-6-15-13-9-17(14(21)10-16(13)25-24-15)23-18(26)19(22)7-8-19/h1-6,9-10H,7-8,22H2,(H,23,26)(H,24,25). The van der Waals surface area contributed by atoms with Crippen LogP contribution in [0.15, 0.2) is 36.4 Å². The molecule has 4 rings (SSSR count). The molecule has 0 spiro atoms. The second-order valence-corrected chi connectivity index (χ2v) is 6.48. The van der Waals surface area contributed by atoms with Crippen LogP contribution in [-0.4, -0.2) is 21.6 Å². The van der Waals surface area contributed by atoms with E-state index in [0.717, 1.165) is 5.56 Å². The van der Waals surface area contributed by atoms with Gasteiger partial charge in [-0.1, -0.05) is 18.2 Å². The molecule has 1 aliphatic carbocycles. The minimum atomic E-state index is -0.886. The summed E-state index contributed by atoms with van der Waals surface area (Å²) in [5, 5.41) is 10.1. The van der Waals surface area contributed by atoms with E-state index in [1.807, 2.05) is 0 Å². The molecule has 7 heteroatoms. The molecule has 3 aromatic rings. The Bertz CT molecular complexity index is 1020. The Morgan fingerprint density at radius 2 is 1.92 bits per heavy atom. The monoisotopic (exact) mass is 354 g/mol. The molecule has 1 heterocycles. The maximum absolute atomic E-state index is 14.2. The van der Waals surface area contributed by atoms with Gasteiger partial charge in [0.2, 0.25) is 5.91 Å². The lowest BCUT2D eigenvalue weighted by atomic mass is 10.1. The fourth-order valence-electron chi connectivity index (χ4n) is 2.64. The summed E-state index contributed by atoms with van der Waals surface area (Å²) in [6, 6.07) is 8.83. The molecule has 1 aliphatic rings. The second kappa shape index (κ2) is 6.03. The van der Waals surface area contributed by atoms with Gasteiger partial charge in [-0.05, 0) is 42.7 Å². The van der Waals surface area contributed by atoms with E-state index in [-0.39, 0.29) is 17.4 Å². The molecular weight excluding hydrogens is 338 g/mol. The molecule has 1 fully saturated rings. The second-order valence-electron chi connectivity index (χ2n) is 6.48. The zero-order chi connectivity index (χ0) is 18.3. The molecule has 1 saturated carbocycles. The van der Waals surface area contributed by atoms with Crippen LogP contribution in [-0.2, 0) is 4.79 Å². The summed E-state index contributed by atoms with van der Waals surface area (Å²) in [7, 11) is 0. The summed E-state index contributed by atoms with van der Waals surface area (Å²) < 4.78 is 27.2. The van der Waals surface area contributed by atoms with Crippen molar-refractivity contribution >= 4 is 34.6 Å². The molecule has 26 heavy (non-hydrogen) atoms. The highest BCUT2D eigenvalue weighted by Crippen LogP contribution is 2.34. The molecule has 0 radical (unpaired) electrons. The first-order valence-corrected chi connectivity index (χ1v) is 8.16. The molecule has 0 unspecified atom stereocenters. The summed E-state index contributed by atoms with van der Waals surface area (Å²) in [5.74, 6) is -1.26. The molecule has 132 valence electrons. The number of hydrogen-bond acceptors (Lipinski definition) is 3. The van der Waals surface area contributed by atoms with Crippen LogP contribution < -0.4 is 11.1 Å². The van der Waals surface area contributed by atoms with E-state index in [0.29, 0.717) is 29.4 Å². The van der Waals surface area contributed by atoms with Crippen molar-refractivity contribution in [3.8, 4) is 0 Å². The summed E-state index contributed by atoms with van der Waals surface area (Å²) in [6.07, 6.45) is 4.71. The Labute approximate surface area is 147 Å². The normalized spacial score (nSPS) is 15.5. The smallest absolute Gasteiger partial charge is 0.244 e. The van der Waals surface area contributed by atoms with Crippen LogP contribution in [0.5, 0.6) is 0 Å². The van der Waals surface area contributed by atoms with Crippen molar-refractivity contribution in [2.75, 3.05) is 5.32 Å². The van der Waals surface area contributed by atoms with Crippen molar-refractivity contribution in [2.45, 2.75) is 18.4 Å². The minimum absolute atomic E-state index is 0.0667. The number of rotatable bonds is 4. The average molecular weight is 354 g/mol. The summed E-state index contributed by atoms with van der Waals surface area (Å²) >= 11 is 0. The predicted molar refractivity (Wildman–Crippen MR) is 96.2 cm³/mol. The van der Waals surface area contributed by atoms with Crippen molar-refractivity contribution in [1.82, 2.24) is 10.2 Å². The largest absolute Gasteiger partial charge is 0.322 e. The first kappa shape index (κ1) is 16.4. The Morgan fingerprint density at radius 1 is 1.19 bits per heavy atom. The van der Waals surface area contributed by atoms with Crippen molar-refractivity contribution in [2.24, 2.45) is 5.73 Å². The number of amides is 1. The zero-order valence-electron chi connectivity index (χ0n) is 13.7.